The van der Waals surface area contributed by atoms with Crippen LogP contribution in [0.25, 0.3) is 5.65 Å². The van der Waals surface area contributed by atoms with E-state index in [2.05, 4.69) is 10.3 Å². The maximum absolute atomic E-state index is 9.11. The summed E-state index contributed by atoms with van der Waals surface area (Å²) in [5.41, 5.74) is 1.95. The Hall–Kier alpha value is -1.39. The van der Waals surface area contributed by atoms with Crippen LogP contribution < -0.4 is 5.32 Å². The van der Waals surface area contributed by atoms with E-state index in [4.69, 9.17) is 5.11 Å². The lowest BCUT2D eigenvalue weighted by molar-refractivity contribution is 0.251. The molecule has 0 unspecified atom stereocenters. The molecule has 0 bridgehead atoms. The minimum absolute atomic E-state index is 0.0169. The molecule has 2 aromatic rings. The standard InChI is InChI=1S/C10H13N3O/c1-11-9(7-14)8-2-4-13-5-3-12-10(13)6-8/h2-6,9,11,14H,7H2,1H3/t9-/m1/s1. The number of imidazole rings is 1. The van der Waals surface area contributed by atoms with Gasteiger partial charge in [0.15, 0.2) is 0 Å². The lowest BCUT2D eigenvalue weighted by atomic mass is 10.1. The summed E-state index contributed by atoms with van der Waals surface area (Å²) in [6.45, 7) is 0.0907. The molecule has 2 heterocycles. The summed E-state index contributed by atoms with van der Waals surface area (Å²) in [6, 6.07) is 3.93. The second-order valence-corrected chi connectivity index (χ2v) is 3.18. The summed E-state index contributed by atoms with van der Waals surface area (Å²) in [6.07, 6.45) is 5.59. The maximum Gasteiger partial charge on any atom is 0.136 e. The summed E-state index contributed by atoms with van der Waals surface area (Å²) < 4.78 is 1.94. The lowest BCUT2D eigenvalue weighted by Gasteiger charge is -2.13. The van der Waals surface area contributed by atoms with Crippen LogP contribution in [0.15, 0.2) is 30.7 Å². The molecule has 0 aliphatic rings. The highest BCUT2D eigenvalue weighted by Gasteiger charge is 2.07. The summed E-state index contributed by atoms with van der Waals surface area (Å²) in [5.74, 6) is 0. The zero-order valence-electron chi connectivity index (χ0n) is 8.01. The van der Waals surface area contributed by atoms with Gasteiger partial charge in [0.2, 0.25) is 0 Å². The van der Waals surface area contributed by atoms with E-state index in [-0.39, 0.29) is 12.6 Å². The number of likely N-dealkylation sites (N-methyl/N-ethyl adjacent to an activating group) is 1. The van der Waals surface area contributed by atoms with Crippen molar-refractivity contribution in [3.05, 3.63) is 36.3 Å². The fourth-order valence-corrected chi connectivity index (χ4v) is 1.51. The van der Waals surface area contributed by atoms with Gasteiger partial charge in [0.1, 0.15) is 5.65 Å². The second kappa shape index (κ2) is 3.77. The minimum atomic E-state index is -0.0169. The molecule has 0 radical (unpaired) electrons. The van der Waals surface area contributed by atoms with Gasteiger partial charge >= 0.3 is 0 Å². The molecule has 2 rings (SSSR count). The van der Waals surface area contributed by atoms with E-state index in [9.17, 15) is 0 Å². The van der Waals surface area contributed by atoms with Crippen LogP contribution in [0.4, 0.5) is 0 Å². The van der Waals surface area contributed by atoms with Gasteiger partial charge in [0, 0.05) is 18.6 Å². The normalized spacial score (nSPS) is 13.3. The van der Waals surface area contributed by atoms with Crippen molar-refractivity contribution in [1.82, 2.24) is 14.7 Å². The molecule has 0 aliphatic heterocycles. The van der Waals surface area contributed by atoms with Crippen LogP contribution >= 0.6 is 0 Å². The predicted molar refractivity (Wildman–Crippen MR) is 54.1 cm³/mol. The highest BCUT2D eigenvalue weighted by Crippen LogP contribution is 2.13. The Bertz CT molecular complexity index is 420. The van der Waals surface area contributed by atoms with Gasteiger partial charge in [-0.15, -0.1) is 0 Å². The first kappa shape index (κ1) is 9.18. The molecule has 0 fully saturated rings. The van der Waals surface area contributed by atoms with Crippen LogP contribution in [0.1, 0.15) is 11.6 Å². The van der Waals surface area contributed by atoms with Crippen LogP contribution in [0.2, 0.25) is 0 Å². The Kier molecular flexibility index (Phi) is 2.47. The Morgan fingerprint density at radius 1 is 1.57 bits per heavy atom. The second-order valence-electron chi connectivity index (χ2n) is 3.18. The molecule has 0 saturated carbocycles. The quantitative estimate of drug-likeness (QED) is 0.746. The first-order valence-corrected chi connectivity index (χ1v) is 4.56. The molecular weight excluding hydrogens is 178 g/mol. The van der Waals surface area contributed by atoms with Crippen LogP contribution in [-0.2, 0) is 0 Å². The maximum atomic E-state index is 9.11. The van der Waals surface area contributed by atoms with E-state index in [1.807, 2.05) is 36.0 Å². The van der Waals surface area contributed by atoms with E-state index in [0.717, 1.165) is 11.2 Å². The van der Waals surface area contributed by atoms with Crippen molar-refractivity contribution in [2.45, 2.75) is 6.04 Å². The summed E-state index contributed by atoms with van der Waals surface area (Å²) >= 11 is 0. The molecule has 14 heavy (non-hydrogen) atoms. The smallest absolute Gasteiger partial charge is 0.136 e. The molecule has 74 valence electrons. The molecule has 4 heteroatoms. The van der Waals surface area contributed by atoms with Gasteiger partial charge in [-0.25, -0.2) is 4.98 Å². The van der Waals surface area contributed by atoms with E-state index in [1.165, 1.54) is 0 Å². The monoisotopic (exact) mass is 191 g/mol. The van der Waals surface area contributed by atoms with Gasteiger partial charge in [-0.2, -0.15) is 0 Å². The van der Waals surface area contributed by atoms with Gasteiger partial charge in [-0.3, -0.25) is 0 Å². The highest BCUT2D eigenvalue weighted by molar-refractivity contribution is 5.42. The summed E-state index contributed by atoms with van der Waals surface area (Å²) in [7, 11) is 1.83. The van der Waals surface area contributed by atoms with Gasteiger partial charge in [-0.05, 0) is 24.7 Å². The number of fused-ring (bicyclic) bond motifs is 1. The lowest BCUT2D eigenvalue weighted by Crippen LogP contribution is -2.19. The van der Waals surface area contributed by atoms with Crippen LogP contribution in [0.5, 0.6) is 0 Å². The summed E-state index contributed by atoms with van der Waals surface area (Å²) in [5, 5.41) is 12.2. The zero-order valence-corrected chi connectivity index (χ0v) is 8.01. The molecule has 0 spiro atoms. The third-order valence-corrected chi connectivity index (χ3v) is 2.36. The molecule has 2 N–H and O–H groups in total. The number of hydrogen-bond donors (Lipinski definition) is 2. The van der Waals surface area contributed by atoms with E-state index in [0.29, 0.717) is 0 Å². The number of rotatable bonds is 3. The van der Waals surface area contributed by atoms with E-state index in [1.54, 1.807) is 6.20 Å². The zero-order chi connectivity index (χ0) is 9.97. The van der Waals surface area contributed by atoms with Crippen molar-refractivity contribution in [3.63, 3.8) is 0 Å². The van der Waals surface area contributed by atoms with Crippen LogP contribution in [0, 0.1) is 0 Å². The average Bonchev–Trinajstić information content (AvgIpc) is 2.66. The number of nitrogens with zero attached hydrogens (tertiary/aromatic N) is 2. The Balaban J connectivity index is 2.42. The molecule has 0 aliphatic carbocycles. The predicted octanol–water partition coefficient (Wildman–Crippen LogP) is 0.587. The third-order valence-electron chi connectivity index (χ3n) is 2.36. The fourth-order valence-electron chi connectivity index (χ4n) is 1.51. The van der Waals surface area contributed by atoms with Crippen LogP contribution in [-0.4, -0.2) is 28.1 Å². The first-order valence-electron chi connectivity index (χ1n) is 4.56. The highest BCUT2D eigenvalue weighted by atomic mass is 16.3. The first-order chi connectivity index (χ1) is 6.85. The average molecular weight is 191 g/mol. The number of aliphatic hydroxyl groups is 1. The van der Waals surface area contributed by atoms with Gasteiger partial charge in [0.25, 0.3) is 0 Å². The van der Waals surface area contributed by atoms with Gasteiger partial charge in [0.05, 0.1) is 12.6 Å². The van der Waals surface area contributed by atoms with Gasteiger partial charge in [-0.1, -0.05) is 0 Å². The Morgan fingerprint density at radius 3 is 3.14 bits per heavy atom. The third kappa shape index (κ3) is 1.49. The van der Waals surface area contributed by atoms with Crippen molar-refractivity contribution >= 4 is 5.65 Å². The van der Waals surface area contributed by atoms with Crippen LogP contribution in [0.3, 0.4) is 0 Å². The van der Waals surface area contributed by atoms with E-state index >= 15 is 0 Å². The molecular formula is C10H13N3O. The summed E-state index contributed by atoms with van der Waals surface area (Å²) in [4.78, 5) is 4.18. The van der Waals surface area contributed by atoms with Crippen molar-refractivity contribution in [2.24, 2.45) is 0 Å². The number of aliphatic hydroxyl groups excluding tert-OH is 1. The number of hydrogen-bond acceptors (Lipinski definition) is 3. The largest absolute Gasteiger partial charge is 0.394 e. The van der Waals surface area contributed by atoms with Crippen molar-refractivity contribution in [3.8, 4) is 0 Å². The fraction of sp³-hybridized carbons (Fsp3) is 0.300. The minimum Gasteiger partial charge on any atom is -0.394 e. The molecule has 2 aromatic heterocycles. The molecule has 0 aromatic carbocycles. The molecule has 0 saturated heterocycles. The van der Waals surface area contributed by atoms with Crippen molar-refractivity contribution < 1.29 is 5.11 Å². The molecule has 1 atom stereocenters. The number of nitrogens with one attached hydrogen (secondary N) is 1. The Morgan fingerprint density at radius 2 is 2.43 bits per heavy atom. The molecule has 4 nitrogen and oxygen atoms in total. The van der Waals surface area contributed by atoms with Crippen molar-refractivity contribution in [1.29, 1.82) is 0 Å². The SMILES string of the molecule is CN[C@H](CO)c1ccn2ccnc2c1. The van der Waals surface area contributed by atoms with Gasteiger partial charge < -0.3 is 14.8 Å². The molecule has 0 amide bonds. The Labute approximate surface area is 82.2 Å². The topological polar surface area (TPSA) is 49.6 Å². The number of pyridine rings is 1. The van der Waals surface area contributed by atoms with E-state index < -0.39 is 0 Å². The van der Waals surface area contributed by atoms with Crippen molar-refractivity contribution in [2.75, 3.05) is 13.7 Å². The number of aromatic nitrogens is 2.